The first-order valence-corrected chi connectivity index (χ1v) is 10.3. The summed E-state index contributed by atoms with van der Waals surface area (Å²) in [4.78, 5) is 5.49. The van der Waals surface area contributed by atoms with Crippen molar-refractivity contribution in [1.29, 1.82) is 5.26 Å². The van der Waals surface area contributed by atoms with E-state index in [4.69, 9.17) is 0 Å². The molecule has 4 saturated heterocycles. The molecule has 0 spiro atoms. The van der Waals surface area contributed by atoms with Gasteiger partial charge in [-0.3, -0.25) is 9.80 Å². The highest BCUT2D eigenvalue weighted by atomic mass is 15.3. The van der Waals surface area contributed by atoms with Crippen LogP contribution in [0, 0.1) is 24.2 Å². The average molecular weight is 358 g/mol. The summed E-state index contributed by atoms with van der Waals surface area (Å²) in [5.41, 5.74) is 4.88. The van der Waals surface area contributed by atoms with Gasteiger partial charge in [0.05, 0.1) is 11.6 Å². The van der Waals surface area contributed by atoms with Crippen LogP contribution in [0.15, 0.2) is 48.5 Å². The van der Waals surface area contributed by atoms with Gasteiger partial charge >= 0.3 is 0 Å². The number of nitriles is 1. The molecule has 0 radical (unpaired) electrons. The Morgan fingerprint density at radius 2 is 1.81 bits per heavy atom. The van der Waals surface area contributed by atoms with Crippen molar-refractivity contribution in [2.24, 2.45) is 5.92 Å². The molecule has 3 nitrogen and oxygen atoms in total. The van der Waals surface area contributed by atoms with Crippen LogP contribution < -0.4 is 0 Å². The summed E-state index contributed by atoms with van der Waals surface area (Å²) in [6, 6.07) is 21.0. The van der Waals surface area contributed by atoms with Crippen LogP contribution in [-0.2, 0) is 6.54 Å². The molecule has 0 amide bonds. The molecule has 6 rings (SSSR count). The molecule has 0 saturated carbocycles. The third kappa shape index (κ3) is 2.98. The lowest BCUT2D eigenvalue weighted by molar-refractivity contribution is -0.00869. The SMILES string of the molecule is Cc1ccc([C@@H]2CN(Cc3cccc(C#N)c3)[C@@H]3C4CCN(CC4)[C@@H]32)cc1. The van der Waals surface area contributed by atoms with E-state index in [1.807, 2.05) is 12.1 Å². The Labute approximate surface area is 162 Å². The lowest BCUT2D eigenvalue weighted by Gasteiger charge is -2.51. The van der Waals surface area contributed by atoms with Gasteiger partial charge in [-0.2, -0.15) is 5.26 Å². The second-order valence-electron chi connectivity index (χ2n) is 8.61. The smallest absolute Gasteiger partial charge is 0.0991 e. The minimum Gasteiger partial charge on any atom is -0.298 e. The summed E-state index contributed by atoms with van der Waals surface area (Å²) >= 11 is 0. The maximum atomic E-state index is 9.24. The zero-order valence-corrected chi connectivity index (χ0v) is 16.0. The molecule has 4 aliphatic heterocycles. The number of nitrogens with zero attached hydrogens (tertiary/aromatic N) is 3. The van der Waals surface area contributed by atoms with E-state index < -0.39 is 0 Å². The first kappa shape index (κ1) is 17.0. The highest BCUT2D eigenvalue weighted by Crippen LogP contribution is 2.47. The predicted octanol–water partition coefficient (Wildman–Crippen LogP) is 3.93. The maximum Gasteiger partial charge on any atom is 0.0991 e. The molecule has 0 unspecified atom stereocenters. The van der Waals surface area contributed by atoms with Gasteiger partial charge in [0.1, 0.15) is 0 Å². The molecule has 0 aliphatic carbocycles. The van der Waals surface area contributed by atoms with E-state index >= 15 is 0 Å². The zero-order chi connectivity index (χ0) is 18.4. The Balaban J connectivity index is 1.47. The van der Waals surface area contributed by atoms with Crippen LogP contribution in [0.25, 0.3) is 0 Å². The molecule has 0 aromatic heterocycles. The van der Waals surface area contributed by atoms with E-state index in [0.29, 0.717) is 18.0 Å². The monoisotopic (exact) mass is 357 g/mol. The van der Waals surface area contributed by atoms with Gasteiger partial charge in [0, 0.05) is 31.1 Å². The number of hydrogen-bond acceptors (Lipinski definition) is 3. The first-order valence-electron chi connectivity index (χ1n) is 10.3. The van der Waals surface area contributed by atoms with Crippen molar-refractivity contribution in [1.82, 2.24) is 9.80 Å². The second kappa shape index (κ2) is 6.78. The molecule has 27 heavy (non-hydrogen) atoms. The van der Waals surface area contributed by atoms with Gasteiger partial charge in [0.2, 0.25) is 0 Å². The predicted molar refractivity (Wildman–Crippen MR) is 107 cm³/mol. The summed E-state index contributed by atoms with van der Waals surface area (Å²) in [5, 5.41) is 9.24. The number of rotatable bonds is 3. The number of fused-ring (bicyclic) bond motifs is 2. The molecule has 3 atom stereocenters. The summed E-state index contributed by atoms with van der Waals surface area (Å²) in [6.45, 7) is 6.80. The van der Waals surface area contributed by atoms with Crippen molar-refractivity contribution in [3.8, 4) is 6.07 Å². The molecule has 4 fully saturated rings. The third-order valence-electron chi connectivity index (χ3n) is 7.04. The van der Waals surface area contributed by atoms with E-state index in [1.165, 1.54) is 42.6 Å². The van der Waals surface area contributed by atoms with E-state index in [9.17, 15) is 5.26 Å². The van der Waals surface area contributed by atoms with Crippen LogP contribution in [0.2, 0.25) is 0 Å². The van der Waals surface area contributed by atoms with Gasteiger partial charge in [0.25, 0.3) is 0 Å². The maximum absolute atomic E-state index is 9.24. The lowest BCUT2D eigenvalue weighted by atomic mass is 9.75. The lowest BCUT2D eigenvalue weighted by Crippen LogP contribution is -2.59. The van der Waals surface area contributed by atoms with E-state index in [2.05, 4.69) is 59.2 Å². The Bertz CT molecular complexity index is 858. The molecule has 4 aliphatic rings. The molecule has 4 heterocycles. The number of hydrogen-bond donors (Lipinski definition) is 0. The van der Waals surface area contributed by atoms with Gasteiger partial charge in [-0.25, -0.2) is 0 Å². The van der Waals surface area contributed by atoms with E-state index in [1.54, 1.807) is 0 Å². The number of benzene rings is 2. The molecule has 0 N–H and O–H groups in total. The van der Waals surface area contributed by atoms with Gasteiger partial charge in [-0.1, -0.05) is 42.0 Å². The minimum atomic E-state index is 0.595. The Kier molecular flexibility index (Phi) is 4.27. The molecule has 3 heteroatoms. The fraction of sp³-hybridized carbons (Fsp3) is 0.458. The van der Waals surface area contributed by atoms with Crippen LogP contribution in [-0.4, -0.2) is 41.5 Å². The molecule has 2 bridgehead atoms. The Morgan fingerprint density at radius 1 is 1.04 bits per heavy atom. The van der Waals surface area contributed by atoms with Crippen molar-refractivity contribution in [3.63, 3.8) is 0 Å². The van der Waals surface area contributed by atoms with Crippen molar-refractivity contribution in [3.05, 3.63) is 70.8 Å². The molecule has 2 aromatic rings. The van der Waals surface area contributed by atoms with E-state index in [0.717, 1.165) is 24.6 Å². The standard InChI is InChI=1S/C24H27N3/c1-17-5-7-20(8-6-17)22-16-27(15-19-4-2-3-18(13-19)14-25)23-21-9-11-26(12-10-21)24(22)23/h2-8,13,21-24H,9-12,15-16H2,1H3/t22-,23+,24+/m0/s1. The highest BCUT2D eigenvalue weighted by molar-refractivity contribution is 5.34. The van der Waals surface area contributed by atoms with Crippen molar-refractivity contribution in [2.75, 3.05) is 19.6 Å². The fourth-order valence-corrected chi connectivity index (χ4v) is 5.80. The summed E-state index contributed by atoms with van der Waals surface area (Å²) in [7, 11) is 0. The van der Waals surface area contributed by atoms with E-state index in [-0.39, 0.29) is 0 Å². The van der Waals surface area contributed by atoms with Crippen molar-refractivity contribution < 1.29 is 0 Å². The average Bonchev–Trinajstić information content (AvgIpc) is 3.11. The second-order valence-corrected chi connectivity index (χ2v) is 8.61. The topological polar surface area (TPSA) is 30.3 Å². The molecular weight excluding hydrogens is 330 g/mol. The van der Waals surface area contributed by atoms with Crippen LogP contribution in [0.3, 0.4) is 0 Å². The normalized spacial score (nSPS) is 32.2. The zero-order valence-electron chi connectivity index (χ0n) is 16.0. The fourth-order valence-electron chi connectivity index (χ4n) is 5.80. The summed E-state index contributed by atoms with van der Waals surface area (Å²) in [6.07, 6.45) is 2.69. The minimum absolute atomic E-state index is 0.595. The summed E-state index contributed by atoms with van der Waals surface area (Å²) in [5.74, 6) is 1.42. The number of likely N-dealkylation sites (tertiary alicyclic amines) is 1. The quantitative estimate of drug-likeness (QED) is 0.834. The first-order chi connectivity index (χ1) is 13.2. The van der Waals surface area contributed by atoms with Crippen LogP contribution in [0.4, 0.5) is 0 Å². The van der Waals surface area contributed by atoms with Gasteiger partial charge < -0.3 is 0 Å². The highest BCUT2D eigenvalue weighted by Gasteiger charge is 2.53. The largest absolute Gasteiger partial charge is 0.298 e. The van der Waals surface area contributed by atoms with Crippen LogP contribution >= 0.6 is 0 Å². The summed E-state index contributed by atoms with van der Waals surface area (Å²) < 4.78 is 0. The van der Waals surface area contributed by atoms with Gasteiger partial charge in [-0.15, -0.1) is 0 Å². The Hall–Kier alpha value is -2.15. The van der Waals surface area contributed by atoms with Crippen molar-refractivity contribution >= 4 is 0 Å². The number of aryl methyl sites for hydroxylation is 1. The van der Waals surface area contributed by atoms with Crippen LogP contribution in [0.1, 0.15) is 41.0 Å². The Morgan fingerprint density at radius 3 is 2.56 bits per heavy atom. The van der Waals surface area contributed by atoms with Crippen LogP contribution in [0.5, 0.6) is 0 Å². The molecule has 138 valence electrons. The molecular formula is C24H27N3. The van der Waals surface area contributed by atoms with Crippen molar-refractivity contribution in [2.45, 2.75) is 44.3 Å². The number of piperidine rings is 3. The van der Waals surface area contributed by atoms with Gasteiger partial charge in [-0.05, 0) is 62.0 Å². The third-order valence-corrected chi connectivity index (χ3v) is 7.04. The van der Waals surface area contributed by atoms with Gasteiger partial charge in [0.15, 0.2) is 0 Å². The molecule has 2 aromatic carbocycles.